The van der Waals surface area contributed by atoms with Crippen molar-refractivity contribution in [3.63, 3.8) is 0 Å². The zero-order valence-corrected chi connectivity index (χ0v) is 13.4. The largest absolute Gasteiger partial charge is 0.468 e. The molecular weight excluding hydrogens is 252 g/mol. The smallest absolute Gasteiger partial charge is 0.326 e. The van der Waals surface area contributed by atoms with Crippen LogP contribution in [0.4, 0.5) is 0 Å². The second-order valence-electron chi connectivity index (χ2n) is 6.51. The van der Waals surface area contributed by atoms with Gasteiger partial charge in [0.2, 0.25) is 0 Å². The number of rotatable bonds is 4. The number of likely N-dealkylation sites (N-methyl/N-ethyl adjacent to an activating group) is 1. The van der Waals surface area contributed by atoms with E-state index in [4.69, 9.17) is 4.74 Å². The number of carbonyl (C=O) groups excluding carboxylic acids is 1. The lowest BCUT2D eigenvalue weighted by atomic mass is 9.78. The van der Waals surface area contributed by atoms with E-state index in [1.165, 1.54) is 32.8 Å². The molecule has 1 N–H and O–H groups in total. The molecule has 116 valence electrons. The van der Waals surface area contributed by atoms with Gasteiger partial charge in [-0.3, -0.25) is 9.69 Å². The molecular formula is C16H30N2O2. The number of methoxy groups -OCH3 is 1. The third-order valence-corrected chi connectivity index (χ3v) is 5.52. The predicted octanol–water partition coefficient (Wildman–Crippen LogP) is 2.32. The highest BCUT2D eigenvalue weighted by Crippen LogP contribution is 2.38. The summed E-state index contributed by atoms with van der Waals surface area (Å²) < 4.78 is 5.05. The standard InChI is InChI=1S/C16H30N2O2/c1-5-13-9-8-12(2)18(13)14-7-6-10-16(11-14,17-3)15(19)20-4/h12-14,17H,5-11H2,1-4H3. The molecule has 2 rings (SSSR count). The first-order chi connectivity index (χ1) is 9.57. The fourth-order valence-electron chi connectivity index (χ4n) is 4.37. The Labute approximate surface area is 123 Å². The summed E-state index contributed by atoms with van der Waals surface area (Å²) in [7, 11) is 3.39. The van der Waals surface area contributed by atoms with Crippen LogP contribution in [-0.2, 0) is 9.53 Å². The Hall–Kier alpha value is -0.610. The van der Waals surface area contributed by atoms with Gasteiger partial charge in [0.1, 0.15) is 5.54 Å². The number of esters is 1. The molecule has 1 saturated heterocycles. The Morgan fingerprint density at radius 3 is 2.75 bits per heavy atom. The van der Waals surface area contributed by atoms with Crippen molar-refractivity contribution in [3.8, 4) is 0 Å². The van der Waals surface area contributed by atoms with Crippen molar-refractivity contribution >= 4 is 5.97 Å². The van der Waals surface area contributed by atoms with Gasteiger partial charge in [-0.15, -0.1) is 0 Å². The zero-order valence-electron chi connectivity index (χ0n) is 13.4. The molecule has 20 heavy (non-hydrogen) atoms. The average Bonchev–Trinajstić information content (AvgIpc) is 2.87. The van der Waals surface area contributed by atoms with Crippen LogP contribution in [0.15, 0.2) is 0 Å². The molecule has 4 nitrogen and oxygen atoms in total. The summed E-state index contributed by atoms with van der Waals surface area (Å²) in [6, 6.07) is 1.85. The number of likely N-dealkylation sites (tertiary alicyclic amines) is 1. The predicted molar refractivity (Wildman–Crippen MR) is 80.7 cm³/mol. The molecule has 1 aliphatic carbocycles. The summed E-state index contributed by atoms with van der Waals surface area (Å²) in [4.78, 5) is 14.9. The highest BCUT2D eigenvalue weighted by Gasteiger charge is 2.46. The molecule has 0 aromatic rings. The highest BCUT2D eigenvalue weighted by molar-refractivity contribution is 5.81. The third-order valence-electron chi connectivity index (χ3n) is 5.52. The fourth-order valence-corrected chi connectivity index (χ4v) is 4.37. The Kier molecular flexibility index (Phi) is 5.08. The van der Waals surface area contributed by atoms with E-state index in [-0.39, 0.29) is 5.97 Å². The SMILES string of the molecule is CCC1CCC(C)N1C1CCCC(NC)(C(=O)OC)C1. The maximum atomic E-state index is 12.2. The molecule has 2 fully saturated rings. The van der Waals surface area contributed by atoms with Crippen LogP contribution in [0.25, 0.3) is 0 Å². The summed E-state index contributed by atoms with van der Waals surface area (Å²) in [6.07, 6.45) is 7.90. The van der Waals surface area contributed by atoms with Crippen molar-refractivity contribution in [2.24, 2.45) is 0 Å². The van der Waals surface area contributed by atoms with E-state index in [1.54, 1.807) is 0 Å². The van der Waals surface area contributed by atoms with E-state index in [0.29, 0.717) is 18.1 Å². The lowest BCUT2D eigenvalue weighted by Gasteiger charge is -2.45. The van der Waals surface area contributed by atoms with Gasteiger partial charge >= 0.3 is 5.97 Å². The van der Waals surface area contributed by atoms with E-state index < -0.39 is 5.54 Å². The average molecular weight is 282 g/mol. The molecule has 0 spiro atoms. The minimum absolute atomic E-state index is 0.0930. The van der Waals surface area contributed by atoms with E-state index in [2.05, 4.69) is 24.1 Å². The molecule has 4 atom stereocenters. The monoisotopic (exact) mass is 282 g/mol. The summed E-state index contributed by atoms with van der Waals surface area (Å²) in [6.45, 7) is 4.62. The zero-order chi connectivity index (χ0) is 14.8. The molecule has 0 aromatic heterocycles. The van der Waals surface area contributed by atoms with Crippen molar-refractivity contribution in [2.45, 2.75) is 82.5 Å². The molecule has 4 unspecified atom stereocenters. The fraction of sp³-hybridized carbons (Fsp3) is 0.938. The second-order valence-corrected chi connectivity index (χ2v) is 6.51. The highest BCUT2D eigenvalue weighted by atomic mass is 16.5. The van der Waals surface area contributed by atoms with Crippen molar-refractivity contribution in [2.75, 3.05) is 14.2 Å². The van der Waals surface area contributed by atoms with Gasteiger partial charge in [-0.05, 0) is 58.9 Å². The van der Waals surface area contributed by atoms with E-state index >= 15 is 0 Å². The number of nitrogens with zero attached hydrogens (tertiary/aromatic N) is 1. The van der Waals surface area contributed by atoms with Crippen LogP contribution in [0.1, 0.15) is 58.8 Å². The molecule has 0 bridgehead atoms. The summed E-state index contributed by atoms with van der Waals surface area (Å²) in [5.41, 5.74) is -0.474. The Morgan fingerprint density at radius 2 is 2.15 bits per heavy atom. The van der Waals surface area contributed by atoms with Crippen LogP contribution in [0.3, 0.4) is 0 Å². The second kappa shape index (κ2) is 6.44. The molecule has 1 heterocycles. The van der Waals surface area contributed by atoms with Crippen molar-refractivity contribution in [1.29, 1.82) is 0 Å². The molecule has 4 heteroatoms. The number of ether oxygens (including phenoxy) is 1. The van der Waals surface area contributed by atoms with Crippen LogP contribution in [0, 0.1) is 0 Å². The topological polar surface area (TPSA) is 41.6 Å². The first-order valence-corrected chi connectivity index (χ1v) is 8.12. The molecule has 0 amide bonds. The minimum Gasteiger partial charge on any atom is -0.468 e. The Bertz CT molecular complexity index is 347. The third kappa shape index (κ3) is 2.73. The minimum atomic E-state index is -0.474. The molecule has 1 aliphatic heterocycles. The maximum Gasteiger partial charge on any atom is 0.326 e. The van der Waals surface area contributed by atoms with Gasteiger partial charge in [0.15, 0.2) is 0 Å². The van der Waals surface area contributed by atoms with Gasteiger partial charge in [-0.25, -0.2) is 0 Å². The maximum absolute atomic E-state index is 12.2. The van der Waals surface area contributed by atoms with Crippen molar-refractivity contribution in [3.05, 3.63) is 0 Å². The number of nitrogens with one attached hydrogen (secondary N) is 1. The van der Waals surface area contributed by atoms with Gasteiger partial charge in [0.25, 0.3) is 0 Å². The summed E-state index contributed by atoms with van der Waals surface area (Å²) in [5.74, 6) is -0.0930. The first-order valence-electron chi connectivity index (χ1n) is 8.12. The summed E-state index contributed by atoms with van der Waals surface area (Å²) >= 11 is 0. The van der Waals surface area contributed by atoms with Gasteiger partial charge < -0.3 is 10.1 Å². The Morgan fingerprint density at radius 1 is 1.40 bits per heavy atom. The van der Waals surface area contributed by atoms with Gasteiger partial charge in [-0.1, -0.05) is 6.92 Å². The molecule has 1 saturated carbocycles. The lowest BCUT2D eigenvalue weighted by Crippen LogP contribution is -2.58. The van der Waals surface area contributed by atoms with Crippen molar-refractivity contribution < 1.29 is 9.53 Å². The van der Waals surface area contributed by atoms with Crippen LogP contribution >= 0.6 is 0 Å². The van der Waals surface area contributed by atoms with Crippen LogP contribution in [0.2, 0.25) is 0 Å². The quantitative estimate of drug-likeness (QED) is 0.804. The van der Waals surface area contributed by atoms with E-state index in [0.717, 1.165) is 19.3 Å². The van der Waals surface area contributed by atoms with Crippen molar-refractivity contribution in [1.82, 2.24) is 10.2 Å². The Balaban J connectivity index is 2.15. The molecule has 2 aliphatic rings. The van der Waals surface area contributed by atoms with Crippen LogP contribution < -0.4 is 5.32 Å². The summed E-state index contributed by atoms with van der Waals surface area (Å²) in [5, 5.41) is 3.27. The molecule has 0 aromatic carbocycles. The van der Waals surface area contributed by atoms with Gasteiger partial charge in [0.05, 0.1) is 7.11 Å². The first kappa shape index (κ1) is 15.8. The van der Waals surface area contributed by atoms with Gasteiger partial charge in [0, 0.05) is 18.1 Å². The normalized spacial score (nSPS) is 38.9. The lowest BCUT2D eigenvalue weighted by molar-refractivity contribution is -0.151. The van der Waals surface area contributed by atoms with Crippen LogP contribution in [0.5, 0.6) is 0 Å². The van der Waals surface area contributed by atoms with E-state index in [1.807, 2.05) is 7.05 Å². The molecule has 0 radical (unpaired) electrons. The number of carbonyl (C=O) groups is 1. The number of hydrogen-bond donors (Lipinski definition) is 1. The number of hydrogen-bond acceptors (Lipinski definition) is 4. The van der Waals surface area contributed by atoms with Gasteiger partial charge in [-0.2, -0.15) is 0 Å². The van der Waals surface area contributed by atoms with Crippen LogP contribution in [-0.4, -0.2) is 48.7 Å². The van der Waals surface area contributed by atoms with E-state index in [9.17, 15) is 4.79 Å².